The van der Waals surface area contributed by atoms with Crippen molar-refractivity contribution in [3.05, 3.63) is 14.9 Å². The summed E-state index contributed by atoms with van der Waals surface area (Å²) in [5.41, 5.74) is 5.89. The van der Waals surface area contributed by atoms with Crippen LogP contribution in [-0.2, 0) is 9.47 Å². The second-order valence-electron chi connectivity index (χ2n) is 2.93. The highest BCUT2D eigenvalue weighted by atomic mass is 79.9. The van der Waals surface area contributed by atoms with Crippen molar-refractivity contribution in [1.29, 1.82) is 0 Å². The average molecular weight is 322 g/mol. The molecule has 0 atom stereocenters. The zero-order valence-corrected chi connectivity index (χ0v) is 11.8. The number of carbonyl (C=O) groups is 2. The second-order valence-corrected chi connectivity index (χ2v) is 5.30. The fraction of sp³-hybridized carbons (Fsp3) is 0.400. The molecule has 0 amide bonds. The minimum Gasteiger partial charge on any atom is -0.462 e. The van der Waals surface area contributed by atoms with E-state index in [0.717, 1.165) is 11.3 Å². The van der Waals surface area contributed by atoms with Crippen molar-refractivity contribution in [3.63, 3.8) is 0 Å². The Morgan fingerprint density at radius 1 is 1.18 bits per heavy atom. The van der Waals surface area contributed by atoms with E-state index in [4.69, 9.17) is 15.2 Å². The number of ether oxygens (including phenoxy) is 2. The molecule has 7 heteroatoms. The molecule has 17 heavy (non-hydrogen) atoms. The molecule has 0 bridgehead atoms. The molecule has 0 aliphatic carbocycles. The summed E-state index contributed by atoms with van der Waals surface area (Å²) in [6, 6.07) is 0. The van der Waals surface area contributed by atoms with Crippen LogP contribution < -0.4 is 5.73 Å². The van der Waals surface area contributed by atoms with Gasteiger partial charge in [-0.2, -0.15) is 0 Å². The van der Waals surface area contributed by atoms with E-state index in [0.29, 0.717) is 3.79 Å². The maximum atomic E-state index is 11.7. The summed E-state index contributed by atoms with van der Waals surface area (Å²) in [7, 11) is 0. The Labute approximate surface area is 111 Å². The highest BCUT2D eigenvalue weighted by molar-refractivity contribution is 9.11. The van der Waals surface area contributed by atoms with Gasteiger partial charge in [-0.3, -0.25) is 0 Å². The Morgan fingerprint density at radius 3 is 2.12 bits per heavy atom. The van der Waals surface area contributed by atoms with E-state index in [2.05, 4.69) is 15.9 Å². The molecule has 0 saturated heterocycles. The molecule has 0 aliphatic rings. The SMILES string of the molecule is CCOC(=O)c1c(N)sc(Br)c1C(=O)OCC. The Kier molecular flexibility index (Phi) is 4.95. The minimum absolute atomic E-state index is 0.0715. The number of hydrogen-bond donors (Lipinski definition) is 1. The largest absolute Gasteiger partial charge is 0.462 e. The van der Waals surface area contributed by atoms with Crippen LogP contribution in [0.5, 0.6) is 0 Å². The van der Waals surface area contributed by atoms with Gasteiger partial charge >= 0.3 is 11.9 Å². The van der Waals surface area contributed by atoms with Crippen molar-refractivity contribution in [2.24, 2.45) is 0 Å². The Bertz CT molecular complexity index is 405. The first-order valence-corrected chi connectivity index (χ1v) is 6.55. The summed E-state index contributed by atoms with van der Waals surface area (Å²) in [4.78, 5) is 23.4. The van der Waals surface area contributed by atoms with Crippen molar-refractivity contribution >= 4 is 44.2 Å². The Balaban J connectivity index is 3.19. The summed E-state index contributed by atoms with van der Waals surface area (Å²) in [5.74, 6) is -1.20. The molecule has 0 aromatic carbocycles. The Hall–Kier alpha value is -1.08. The fourth-order valence-corrected chi connectivity index (χ4v) is 2.86. The molecule has 1 heterocycles. The van der Waals surface area contributed by atoms with Crippen LogP contribution in [0.4, 0.5) is 5.00 Å². The minimum atomic E-state index is -0.616. The molecule has 0 spiro atoms. The number of halogens is 1. The lowest BCUT2D eigenvalue weighted by atomic mass is 10.2. The summed E-state index contributed by atoms with van der Waals surface area (Å²) in [5, 5.41) is 0.235. The summed E-state index contributed by atoms with van der Waals surface area (Å²) < 4.78 is 10.2. The van der Waals surface area contributed by atoms with Crippen LogP contribution in [0.2, 0.25) is 0 Å². The number of anilines is 1. The van der Waals surface area contributed by atoms with Crippen molar-refractivity contribution in [2.75, 3.05) is 18.9 Å². The molecule has 5 nitrogen and oxygen atoms in total. The first kappa shape index (κ1) is 14.0. The number of esters is 2. The van der Waals surface area contributed by atoms with E-state index in [1.54, 1.807) is 13.8 Å². The van der Waals surface area contributed by atoms with Crippen LogP contribution in [0, 0.1) is 0 Å². The molecule has 1 rings (SSSR count). The number of carbonyl (C=O) groups excluding carboxylic acids is 2. The lowest BCUT2D eigenvalue weighted by Crippen LogP contribution is -2.13. The van der Waals surface area contributed by atoms with E-state index in [9.17, 15) is 9.59 Å². The normalized spacial score (nSPS) is 10.1. The average Bonchev–Trinajstić information content (AvgIpc) is 2.54. The van der Waals surface area contributed by atoms with Gasteiger partial charge in [0.25, 0.3) is 0 Å². The van der Waals surface area contributed by atoms with E-state index in [-0.39, 0.29) is 29.3 Å². The lowest BCUT2D eigenvalue weighted by Gasteiger charge is -2.05. The molecule has 0 unspecified atom stereocenters. The van der Waals surface area contributed by atoms with Crippen molar-refractivity contribution < 1.29 is 19.1 Å². The highest BCUT2D eigenvalue weighted by Gasteiger charge is 2.28. The van der Waals surface area contributed by atoms with Gasteiger partial charge in [0.1, 0.15) is 16.1 Å². The van der Waals surface area contributed by atoms with Gasteiger partial charge in [-0.05, 0) is 29.8 Å². The maximum absolute atomic E-state index is 11.7. The molecular formula is C10H12BrNO4S. The predicted molar refractivity (Wildman–Crippen MR) is 68.3 cm³/mol. The monoisotopic (exact) mass is 321 g/mol. The van der Waals surface area contributed by atoms with Crippen LogP contribution in [0.1, 0.15) is 34.6 Å². The predicted octanol–water partition coefficient (Wildman–Crippen LogP) is 2.45. The molecule has 1 aromatic heterocycles. The first-order chi connectivity index (χ1) is 8.02. The van der Waals surface area contributed by atoms with E-state index >= 15 is 0 Å². The summed E-state index contributed by atoms with van der Waals surface area (Å²) in [6.07, 6.45) is 0. The zero-order valence-electron chi connectivity index (χ0n) is 9.41. The molecular weight excluding hydrogens is 310 g/mol. The number of hydrogen-bond acceptors (Lipinski definition) is 6. The van der Waals surface area contributed by atoms with E-state index < -0.39 is 11.9 Å². The van der Waals surface area contributed by atoms with Crippen molar-refractivity contribution in [2.45, 2.75) is 13.8 Å². The quantitative estimate of drug-likeness (QED) is 0.862. The van der Waals surface area contributed by atoms with Crippen LogP contribution >= 0.6 is 27.3 Å². The van der Waals surface area contributed by atoms with Gasteiger partial charge < -0.3 is 15.2 Å². The van der Waals surface area contributed by atoms with Crippen molar-refractivity contribution in [1.82, 2.24) is 0 Å². The third-order valence-electron chi connectivity index (χ3n) is 1.85. The summed E-state index contributed by atoms with van der Waals surface area (Å²) >= 11 is 4.28. The molecule has 1 aromatic rings. The number of nitrogen functional groups attached to an aromatic ring is 1. The first-order valence-electron chi connectivity index (χ1n) is 4.94. The zero-order chi connectivity index (χ0) is 13.0. The van der Waals surface area contributed by atoms with Gasteiger partial charge in [0.15, 0.2) is 0 Å². The molecule has 2 N–H and O–H groups in total. The van der Waals surface area contributed by atoms with Crippen LogP contribution in [0.25, 0.3) is 0 Å². The van der Waals surface area contributed by atoms with Gasteiger partial charge in [-0.1, -0.05) is 0 Å². The highest BCUT2D eigenvalue weighted by Crippen LogP contribution is 2.36. The molecule has 0 saturated carbocycles. The maximum Gasteiger partial charge on any atom is 0.342 e. The number of rotatable bonds is 4. The lowest BCUT2D eigenvalue weighted by molar-refractivity contribution is 0.0480. The standard InChI is InChI=1S/C10H12BrNO4S/c1-3-15-9(13)5-6(10(14)16-4-2)8(12)17-7(5)11/h3-4,12H2,1-2H3. The fourth-order valence-electron chi connectivity index (χ4n) is 1.21. The number of thiophene rings is 1. The second kappa shape index (κ2) is 6.02. The van der Waals surface area contributed by atoms with Gasteiger partial charge in [-0.25, -0.2) is 9.59 Å². The third-order valence-corrected chi connectivity index (χ3v) is 3.54. The molecule has 0 aliphatic heterocycles. The topological polar surface area (TPSA) is 78.6 Å². The van der Waals surface area contributed by atoms with Gasteiger partial charge in [0.2, 0.25) is 0 Å². The smallest absolute Gasteiger partial charge is 0.342 e. The summed E-state index contributed by atoms with van der Waals surface area (Å²) in [6.45, 7) is 3.81. The van der Waals surface area contributed by atoms with Gasteiger partial charge in [0, 0.05) is 0 Å². The third kappa shape index (κ3) is 2.98. The molecule has 0 radical (unpaired) electrons. The van der Waals surface area contributed by atoms with Crippen LogP contribution in [-0.4, -0.2) is 25.2 Å². The molecule has 94 valence electrons. The van der Waals surface area contributed by atoms with Gasteiger partial charge in [-0.15, -0.1) is 11.3 Å². The Morgan fingerprint density at radius 2 is 1.65 bits per heavy atom. The van der Waals surface area contributed by atoms with Crippen molar-refractivity contribution in [3.8, 4) is 0 Å². The molecule has 0 fully saturated rings. The van der Waals surface area contributed by atoms with Crippen LogP contribution in [0.15, 0.2) is 3.79 Å². The number of nitrogens with two attached hydrogens (primary N) is 1. The van der Waals surface area contributed by atoms with Crippen LogP contribution in [0.3, 0.4) is 0 Å². The van der Waals surface area contributed by atoms with Gasteiger partial charge in [0.05, 0.1) is 17.0 Å². The van der Waals surface area contributed by atoms with E-state index in [1.807, 2.05) is 0 Å². The van der Waals surface area contributed by atoms with E-state index in [1.165, 1.54) is 0 Å².